The summed E-state index contributed by atoms with van der Waals surface area (Å²) in [7, 11) is 0. The van der Waals surface area contributed by atoms with E-state index in [0.717, 1.165) is 0 Å². The van der Waals surface area contributed by atoms with E-state index in [0.29, 0.717) is 11.3 Å². The van der Waals surface area contributed by atoms with E-state index in [9.17, 15) is 9.59 Å². The Labute approximate surface area is 115 Å². The molecule has 20 heavy (non-hydrogen) atoms. The van der Waals surface area contributed by atoms with Crippen molar-refractivity contribution >= 4 is 11.8 Å². The van der Waals surface area contributed by atoms with Gasteiger partial charge in [0.15, 0.2) is 0 Å². The molecule has 0 atom stereocenters. The predicted octanol–water partition coefficient (Wildman–Crippen LogP) is 2.38. The topological polar surface area (TPSA) is 97.2 Å². The van der Waals surface area contributed by atoms with Crippen molar-refractivity contribution in [2.24, 2.45) is 0 Å². The van der Waals surface area contributed by atoms with Crippen molar-refractivity contribution in [3.8, 4) is 11.5 Å². The average molecular weight is 277 g/mol. The number of amides is 1. The molecule has 0 spiro atoms. The second kappa shape index (κ2) is 5.20. The Morgan fingerprint density at radius 1 is 1.30 bits per heavy atom. The second-order valence-corrected chi connectivity index (χ2v) is 5.12. The van der Waals surface area contributed by atoms with E-state index in [1.54, 1.807) is 45.0 Å². The molecule has 7 nitrogen and oxygen atoms in total. The molecule has 0 aliphatic rings. The SMILES string of the molecule is CC(C)(C)OC(=O)Nc1ccc(-c2n[nH]c(=O)o2)cc1. The van der Waals surface area contributed by atoms with E-state index in [-0.39, 0.29) is 5.89 Å². The fraction of sp³-hybridized carbons (Fsp3) is 0.308. The molecule has 0 radical (unpaired) electrons. The van der Waals surface area contributed by atoms with E-state index >= 15 is 0 Å². The third kappa shape index (κ3) is 3.71. The van der Waals surface area contributed by atoms with Crippen LogP contribution < -0.4 is 11.1 Å². The molecule has 0 saturated heterocycles. The summed E-state index contributed by atoms with van der Waals surface area (Å²) in [6.45, 7) is 5.36. The van der Waals surface area contributed by atoms with Crippen LogP contribution in [0.3, 0.4) is 0 Å². The van der Waals surface area contributed by atoms with E-state index in [4.69, 9.17) is 9.15 Å². The number of rotatable bonds is 2. The molecule has 7 heteroatoms. The monoisotopic (exact) mass is 277 g/mol. The number of anilines is 1. The third-order valence-electron chi connectivity index (χ3n) is 2.22. The van der Waals surface area contributed by atoms with Crippen LogP contribution in [-0.2, 0) is 4.74 Å². The van der Waals surface area contributed by atoms with Gasteiger partial charge in [-0.25, -0.2) is 14.7 Å². The molecule has 2 N–H and O–H groups in total. The van der Waals surface area contributed by atoms with Gasteiger partial charge in [-0.15, -0.1) is 5.10 Å². The average Bonchev–Trinajstić information content (AvgIpc) is 2.74. The number of nitrogens with one attached hydrogen (secondary N) is 2. The van der Waals surface area contributed by atoms with Crippen molar-refractivity contribution in [1.29, 1.82) is 0 Å². The standard InChI is InChI=1S/C13H15N3O4/c1-13(2,3)20-11(17)14-9-6-4-8(5-7-9)10-15-16-12(18)19-10/h4-7H,1-3H3,(H,14,17)(H,16,18). The number of carbonyl (C=O) groups excluding carboxylic acids is 1. The first kappa shape index (κ1) is 13.9. The summed E-state index contributed by atoms with van der Waals surface area (Å²) in [5.74, 6) is -0.422. The lowest BCUT2D eigenvalue weighted by Gasteiger charge is -2.19. The van der Waals surface area contributed by atoms with Gasteiger partial charge in [-0.2, -0.15) is 0 Å². The van der Waals surface area contributed by atoms with Gasteiger partial charge in [0.05, 0.1) is 0 Å². The van der Waals surface area contributed by atoms with Crippen LogP contribution in [0, 0.1) is 0 Å². The van der Waals surface area contributed by atoms with Crippen molar-refractivity contribution in [3.63, 3.8) is 0 Å². The Balaban J connectivity index is 2.05. The molecule has 1 heterocycles. The molecule has 106 valence electrons. The highest BCUT2D eigenvalue weighted by Crippen LogP contribution is 2.18. The van der Waals surface area contributed by atoms with Gasteiger partial charge in [0.1, 0.15) is 5.60 Å². The first-order valence-electron chi connectivity index (χ1n) is 5.99. The molecule has 0 unspecified atom stereocenters. The summed E-state index contributed by atoms with van der Waals surface area (Å²) >= 11 is 0. The molecule has 1 amide bonds. The molecule has 0 aliphatic carbocycles. The van der Waals surface area contributed by atoms with Crippen LogP contribution in [0.25, 0.3) is 11.5 Å². The summed E-state index contributed by atoms with van der Waals surface area (Å²) in [4.78, 5) is 22.4. The van der Waals surface area contributed by atoms with Crippen LogP contribution in [0.1, 0.15) is 20.8 Å². The van der Waals surface area contributed by atoms with Crippen molar-refractivity contribution in [3.05, 3.63) is 34.8 Å². The summed E-state index contributed by atoms with van der Waals surface area (Å²) in [5, 5.41) is 8.49. The van der Waals surface area contributed by atoms with Crippen LogP contribution in [0.2, 0.25) is 0 Å². The molecule has 2 rings (SSSR count). The van der Waals surface area contributed by atoms with Crippen molar-refractivity contribution in [2.45, 2.75) is 26.4 Å². The lowest BCUT2D eigenvalue weighted by atomic mass is 10.2. The molecular weight excluding hydrogens is 262 g/mol. The van der Waals surface area contributed by atoms with E-state index in [1.165, 1.54) is 0 Å². The quantitative estimate of drug-likeness (QED) is 0.878. The zero-order valence-electron chi connectivity index (χ0n) is 11.4. The number of ether oxygens (including phenoxy) is 1. The third-order valence-corrected chi connectivity index (χ3v) is 2.22. The zero-order valence-corrected chi connectivity index (χ0v) is 11.4. The normalized spacial score (nSPS) is 11.2. The Morgan fingerprint density at radius 3 is 2.45 bits per heavy atom. The highest BCUT2D eigenvalue weighted by molar-refractivity contribution is 5.85. The maximum Gasteiger partial charge on any atom is 0.434 e. The Hall–Kier alpha value is -2.57. The van der Waals surface area contributed by atoms with Gasteiger partial charge in [0, 0.05) is 11.3 Å². The molecule has 1 aromatic heterocycles. The van der Waals surface area contributed by atoms with Gasteiger partial charge < -0.3 is 9.15 Å². The molecule has 0 fully saturated rings. The number of aromatic amines is 1. The van der Waals surface area contributed by atoms with Gasteiger partial charge in [-0.1, -0.05) is 0 Å². The second-order valence-electron chi connectivity index (χ2n) is 5.12. The summed E-state index contributed by atoms with van der Waals surface area (Å²) in [5.41, 5.74) is 0.640. The fourth-order valence-electron chi connectivity index (χ4n) is 1.47. The van der Waals surface area contributed by atoms with Crippen molar-refractivity contribution in [2.75, 3.05) is 5.32 Å². The lowest BCUT2D eigenvalue weighted by molar-refractivity contribution is 0.0636. The number of nitrogens with zero attached hydrogens (tertiary/aromatic N) is 1. The number of hydrogen-bond donors (Lipinski definition) is 2. The van der Waals surface area contributed by atoms with Crippen LogP contribution >= 0.6 is 0 Å². The minimum atomic E-state index is -0.615. The largest absolute Gasteiger partial charge is 0.444 e. The van der Waals surface area contributed by atoms with Crippen LogP contribution in [-0.4, -0.2) is 21.9 Å². The highest BCUT2D eigenvalue weighted by Gasteiger charge is 2.16. The molecular formula is C13H15N3O4. The number of H-pyrrole nitrogens is 1. The van der Waals surface area contributed by atoms with Gasteiger partial charge in [0.25, 0.3) is 0 Å². The number of benzene rings is 1. The van der Waals surface area contributed by atoms with Crippen molar-refractivity contribution < 1.29 is 13.9 Å². The van der Waals surface area contributed by atoms with Gasteiger partial charge >= 0.3 is 11.8 Å². The predicted molar refractivity (Wildman–Crippen MR) is 72.4 cm³/mol. The van der Waals surface area contributed by atoms with Crippen molar-refractivity contribution in [1.82, 2.24) is 10.2 Å². The maximum atomic E-state index is 11.6. The van der Waals surface area contributed by atoms with E-state index < -0.39 is 17.5 Å². The number of hydrogen-bond acceptors (Lipinski definition) is 5. The fourth-order valence-corrected chi connectivity index (χ4v) is 1.47. The van der Waals surface area contributed by atoms with Crippen LogP contribution in [0.4, 0.5) is 10.5 Å². The lowest BCUT2D eigenvalue weighted by Crippen LogP contribution is -2.27. The maximum absolute atomic E-state index is 11.6. The highest BCUT2D eigenvalue weighted by atomic mass is 16.6. The summed E-state index contributed by atoms with van der Waals surface area (Å²) in [6, 6.07) is 6.67. The minimum absolute atomic E-state index is 0.193. The molecule has 0 saturated carbocycles. The number of carbonyl (C=O) groups is 1. The van der Waals surface area contributed by atoms with E-state index in [2.05, 4.69) is 15.5 Å². The Bertz CT molecular complexity index is 649. The van der Waals surface area contributed by atoms with Gasteiger partial charge in [0.2, 0.25) is 5.89 Å². The molecule has 1 aromatic carbocycles. The number of aromatic nitrogens is 2. The summed E-state index contributed by atoms with van der Waals surface area (Å²) < 4.78 is 9.95. The molecule has 0 aliphatic heterocycles. The first-order chi connectivity index (χ1) is 9.33. The van der Waals surface area contributed by atoms with Crippen LogP contribution in [0.15, 0.2) is 33.5 Å². The first-order valence-corrected chi connectivity index (χ1v) is 5.99. The minimum Gasteiger partial charge on any atom is -0.444 e. The molecule has 0 bridgehead atoms. The molecule has 2 aromatic rings. The Kier molecular flexibility index (Phi) is 3.60. The van der Waals surface area contributed by atoms with E-state index in [1.807, 2.05) is 0 Å². The van der Waals surface area contributed by atoms with Gasteiger partial charge in [-0.05, 0) is 45.0 Å². The smallest absolute Gasteiger partial charge is 0.434 e. The zero-order chi connectivity index (χ0) is 14.8. The summed E-state index contributed by atoms with van der Waals surface area (Å²) in [6.07, 6.45) is -0.531. The Morgan fingerprint density at radius 2 is 1.95 bits per heavy atom. The van der Waals surface area contributed by atoms with Crippen LogP contribution in [0.5, 0.6) is 0 Å². The van der Waals surface area contributed by atoms with Gasteiger partial charge in [-0.3, -0.25) is 5.32 Å².